The van der Waals surface area contributed by atoms with Crippen molar-refractivity contribution < 1.29 is 0 Å². The molecule has 0 N–H and O–H groups in total. The van der Waals surface area contributed by atoms with E-state index in [1.807, 2.05) is 0 Å². The monoisotopic (exact) mass is 174 g/mol. The number of hydrogen-bond donors (Lipinski definition) is 0. The van der Waals surface area contributed by atoms with E-state index in [1.54, 1.807) is 0 Å². The Hall–Kier alpha value is -1.04. The third-order valence-electron chi connectivity index (χ3n) is 2.51. The Morgan fingerprint density at radius 1 is 1.54 bits per heavy atom. The molecule has 0 aliphatic heterocycles. The second kappa shape index (κ2) is 4.27. The van der Waals surface area contributed by atoms with E-state index < -0.39 is 0 Å². The Morgan fingerprint density at radius 2 is 2.23 bits per heavy atom. The molecule has 0 nitrogen and oxygen atoms in total. The molecule has 0 aromatic carbocycles. The first-order valence-corrected chi connectivity index (χ1v) is 4.84. The highest BCUT2D eigenvalue weighted by Gasteiger charge is 2.18. The van der Waals surface area contributed by atoms with E-state index in [2.05, 4.69) is 57.7 Å². The minimum atomic E-state index is 0.521. The van der Waals surface area contributed by atoms with Crippen LogP contribution >= 0.6 is 0 Å². The van der Waals surface area contributed by atoms with Crippen molar-refractivity contribution in [2.24, 2.45) is 11.8 Å². The first kappa shape index (κ1) is 10.0. The third kappa shape index (κ3) is 2.21. The van der Waals surface area contributed by atoms with Crippen LogP contribution in [0.2, 0.25) is 0 Å². The van der Waals surface area contributed by atoms with E-state index in [4.69, 9.17) is 0 Å². The molecule has 0 fully saturated rings. The molecule has 2 atom stereocenters. The minimum absolute atomic E-state index is 0.521. The van der Waals surface area contributed by atoms with Crippen molar-refractivity contribution in [1.82, 2.24) is 0 Å². The Labute approximate surface area is 81.4 Å². The molecule has 0 amide bonds. The van der Waals surface area contributed by atoms with Crippen molar-refractivity contribution in [3.63, 3.8) is 0 Å². The summed E-state index contributed by atoms with van der Waals surface area (Å²) >= 11 is 0. The summed E-state index contributed by atoms with van der Waals surface area (Å²) in [5.41, 5.74) is 2.55. The van der Waals surface area contributed by atoms with Gasteiger partial charge in [-0.1, -0.05) is 49.5 Å². The summed E-state index contributed by atoms with van der Waals surface area (Å²) in [5, 5.41) is 0. The van der Waals surface area contributed by atoms with E-state index in [1.165, 1.54) is 11.1 Å². The molecule has 0 heteroatoms. The van der Waals surface area contributed by atoms with Crippen molar-refractivity contribution in [3.05, 3.63) is 48.1 Å². The molecule has 0 aromatic rings. The molecule has 0 saturated heterocycles. The molecule has 2 unspecified atom stereocenters. The zero-order valence-corrected chi connectivity index (χ0v) is 8.75. The molecule has 1 rings (SSSR count). The second-order valence-electron chi connectivity index (χ2n) is 3.70. The van der Waals surface area contributed by atoms with E-state index in [0.717, 1.165) is 0 Å². The molecule has 0 aromatic heterocycles. The van der Waals surface area contributed by atoms with Crippen LogP contribution in [0.4, 0.5) is 0 Å². The van der Waals surface area contributed by atoms with Gasteiger partial charge in [0.25, 0.3) is 0 Å². The smallest absolute Gasteiger partial charge is 0.00805 e. The summed E-state index contributed by atoms with van der Waals surface area (Å²) in [7, 11) is 0. The standard InChI is InChI=1S/C13H18/c1-5-7-13-11(4)8-6-9-12(13)10(2)3/h5-9,11,13H,2H2,1,3-4H3. The van der Waals surface area contributed by atoms with Gasteiger partial charge in [0.15, 0.2) is 0 Å². The van der Waals surface area contributed by atoms with Crippen LogP contribution in [0.3, 0.4) is 0 Å². The van der Waals surface area contributed by atoms with Gasteiger partial charge in [0.1, 0.15) is 0 Å². The van der Waals surface area contributed by atoms with E-state index in [0.29, 0.717) is 11.8 Å². The van der Waals surface area contributed by atoms with E-state index >= 15 is 0 Å². The average Bonchev–Trinajstić information content (AvgIpc) is 2.08. The molecule has 0 heterocycles. The number of allylic oxidation sites excluding steroid dienone is 7. The van der Waals surface area contributed by atoms with Crippen LogP contribution in [-0.2, 0) is 0 Å². The van der Waals surface area contributed by atoms with Gasteiger partial charge < -0.3 is 0 Å². The molecular weight excluding hydrogens is 156 g/mol. The SMILES string of the molecule is C=C(C)C1=CC=CC(C)C1C=CC. The van der Waals surface area contributed by atoms with Crippen molar-refractivity contribution >= 4 is 0 Å². The highest BCUT2D eigenvalue weighted by Crippen LogP contribution is 2.31. The van der Waals surface area contributed by atoms with Crippen LogP contribution in [-0.4, -0.2) is 0 Å². The highest BCUT2D eigenvalue weighted by atomic mass is 14.2. The normalized spacial score (nSPS) is 27.8. The Balaban J connectivity index is 2.95. The summed E-state index contributed by atoms with van der Waals surface area (Å²) in [5.74, 6) is 1.11. The molecule has 1 aliphatic rings. The minimum Gasteiger partial charge on any atom is -0.0958 e. The quantitative estimate of drug-likeness (QED) is 0.557. The number of rotatable bonds is 2. The van der Waals surface area contributed by atoms with E-state index in [-0.39, 0.29) is 0 Å². The van der Waals surface area contributed by atoms with Crippen molar-refractivity contribution in [2.75, 3.05) is 0 Å². The lowest BCUT2D eigenvalue weighted by Gasteiger charge is -2.24. The fraction of sp³-hybridized carbons (Fsp3) is 0.385. The van der Waals surface area contributed by atoms with Crippen LogP contribution in [0.15, 0.2) is 48.1 Å². The van der Waals surface area contributed by atoms with Crippen LogP contribution in [0, 0.1) is 11.8 Å². The summed E-state index contributed by atoms with van der Waals surface area (Å²) in [4.78, 5) is 0. The first-order valence-electron chi connectivity index (χ1n) is 4.84. The molecule has 1 aliphatic carbocycles. The van der Waals surface area contributed by atoms with E-state index in [9.17, 15) is 0 Å². The molecule has 0 radical (unpaired) electrons. The first-order chi connectivity index (χ1) is 6.16. The van der Waals surface area contributed by atoms with Crippen molar-refractivity contribution in [2.45, 2.75) is 20.8 Å². The van der Waals surface area contributed by atoms with Gasteiger partial charge in [-0.15, -0.1) is 0 Å². The van der Waals surface area contributed by atoms with Gasteiger partial charge in [-0.25, -0.2) is 0 Å². The number of hydrogen-bond acceptors (Lipinski definition) is 0. The second-order valence-corrected chi connectivity index (χ2v) is 3.70. The van der Waals surface area contributed by atoms with Gasteiger partial charge in [0.2, 0.25) is 0 Å². The van der Waals surface area contributed by atoms with Gasteiger partial charge in [-0.3, -0.25) is 0 Å². The van der Waals surface area contributed by atoms with Crippen LogP contribution in [0.5, 0.6) is 0 Å². The van der Waals surface area contributed by atoms with Gasteiger partial charge in [0, 0.05) is 5.92 Å². The molecule has 13 heavy (non-hydrogen) atoms. The zero-order valence-electron chi connectivity index (χ0n) is 8.75. The largest absolute Gasteiger partial charge is 0.0958 e. The van der Waals surface area contributed by atoms with Crippen LogP contribution in [0.1, 0.15) is 20.8 Å². The predicted molar refractivity (Wildman–Crippen MR) is 59.5 cm³/mol. The molecule has 0 spiro atoms. The van der Waals surface area contributed by atoms with Crippen LogP contribution in [0.25, 0.3) is 0 Å². The van der Waals surface area contributed by atoms with Gasteiger partial charge >= 0.3 is 0 Å². The molecular formula is C13H18. The fourth-order valence-corrected chi connectivity index (χ4v) is 1.76. The summed E-state index contributed by atoms with van der Waals surface area (Å²) in [6.07, 6.45) is 10.9. The lowest BCUT2D eigenvalue weighted by Crippen LogP contribution is -2.13. The lowest BCUT2D eigenvalue weighted by molar-refractivity contribution is 0.579. The topological polar surface area (TPSA) is 0 Å². The van der Waals surface area contributed by atoms with Gasteiger partial charge in [-0.05, 0) is 25.3 Å². The van der Waals surface area contributed by atoms with Crippen molar-refractivity contribution in [3.8, 4) is 0 Å². The predicted octanol–water partition coefficient (Wildman–Crippen LogP) is 3.89. The summed E-state index contributed by atoms with van der Waals surface area (Å²) < 4.78 is 0. The third-order valence-corrected chi connectivity index (χ3v) is 2.51. The molecule has 0 saturated carbocycles. The summed E-state index contributed by atoms with van der Waals surface area (Å²) in [6.45, 7) is 10.4. The lowest BCUT2D eigenvalue weighted by atomic mass is 9.80. The maximum Gasteiger partial charge on any atom is 0.00805 e. The zero-order chi connectivity index (χ0) is 9.84. The maximum atomic E-state index is 4.01. The Bertz CT molecular complexity index is 276. The fourth-order valence-electron chi connectivity index (χ4n) is 1.76. The highest BCUT2D eigenvalue weighted by molar-refractivity contribution is 5.38. The van der Waals surface area contributed by atoms with Gasteiger partial charge in [0.05, 0.1) is 0 Å². The molecule has 0 bridgehead atoms. The Morgan fingerprint density at radius 3 is 2.77 bits per heavy atom. The average molecular weight is 174 g/mol. The maximum absolute atomic E-state index is 4.01. The van der Waals surface area contributed by atoms with Gasteiger partial charge in [-0.2, -0.15) is 0 Å². The van der Waals surface area contributed by atoms with Crippen molar-refractivity contribution in [1.29, 1.82) is 0 Å². The Kier molecular flexibility index (Phi) is 3.30. The summed E-state index contributed by atoms with van der Waals surface area (Å²) in [6, 6.07) is 0. The molecule has 70 valence electrons. The van der Waals surface area contributed by atoms with Crippen LogP contribution < -0.4 is 0 Å².